The minimum Gasteiger partial charge on any atom is -0.491 e. The summed E-state index contributed by atoms with van der Waals surface area (Å²) in [5.41, 5.74) is 2.93. The van der Waals surface area contributed by atoms with E-state index in [0.717, 1.165) is 16.5 Å². The summed E-state index contributed by atoms with van der Waals surface area (Å²) in [6.07, 6.45) is 0. The summed E-state index contributed by atoms with van der Waals surface area (Å²) in [4.78, 5) is 26.1. The molecule has 39 heavy (non-hydrogen) atoms. The molecule has 2 heterocycles. The number of furan rings is 1. The van der Waals surface area contributed by atoms with Crippen LogP contribution in [0.15, 0.2) is 86.4 Å². The van der Waals surface area contributed by atoms with Crippen molar-refractivity contribution in [2.24, 2.45) is 0 Å². The third-order valence-corrected chi connectivity index (χ3v) is 6.38. The number of ketones is 1. The molecule has 0 spiro atoms. The van der Waals surface area contributed by atoms with Gasteiger partial charge in [-0.05, 0) is 42.3 Å². The number of carbonyl (C=O) groups excluding carboxylic acids is 1. The van der Waals surface area contributed by atoms with Gasteiger partial charge in [0.05, 0.1) is 31.8 Å². The Bertz CT molecular complexity index is 1650. The van der Waals surface area contributed by atoms with Gasteiger partial charge in [-0.1, -0.05) is 42.5 Å². The van der Waals surface area contributed by atoms with Crippen molar-refractivity contribution in [2.45, 2.75) is 6.92 Å². The Morgan fingerprint density at radius 3 is 2.41 bits per heavy atom. The molecule has 0 saturated carbocycles. The number of carbonyl (C=O) groups is 1. The van der Waals surface area contributed by atoms with E-state index in [2.05, 4.69) is 0 Å². The zero-order valence-electron chi connectivity index (χ0n) is 21.4. The molecule has 0 saturated heterocycles. The molecule has 5 rings (SSSR count). The fourth-order valence-electron chi connectivity index (χ4n) is 4.46. The van der Waals surface area contributed by atoms with Crippen LogP contribution in [0.5, 0.6) is 5.75 Å². The third kappa shape index (κ3) is 5.91. The number of halogens is 1. The fourth-order valence-corrected chi connectivity index (χ4v) is 4.56. The van der Waals surface area contributed by atoms with Crippen molar-refractivity contribution in [1.82, 2.24) is 0 Å². The molecule has 0 aliphatic rings. The standard InChI is InChI=1S/C31H27ClO7/c1-20-18-26(33)39-30-24(20)10-11-25-28(30)27(21-6-3-2-4-7-21)31(38-25)29(34)22-8-5-9-23(19-22)37-17-16-36-15-14-35-13-12-32/h2-11,18-19H,12-17H2,1H3. The van der Waals surface area contributed by atoms with Crippen molar-refractivity contribution in [3.05, 3.63) is 100 Å². The fraction of sp³-hybridized carbons (Fsp3) is 0.226. The van der Waals surface area contributed by atoms with E-state index in [1.54, 1.807) is 30.3 Å². The second-order valence-electron chi connectivity index (χ2n) is 8.86. The molecule has 0 fully saturated rings. The van der Waals surface area contributed by atoms with Gasteiger partial charge in [-0.15, -0.1) is 11.6 Å². The Morgan fingerprint density at radius 2 is 1.62 bits per heavy atom. The average Bonchev–Trinajstić information content (AvgIpc) is 3.35. The largest absolute Gasteiger partial charge is 0.491 e. The number of hydrogen-bond donors (Lipinski definition) is 0. The molecule has 0 N–H and O–H groups in total. The van der Waals surface area contributed by atoms with E-state index in [9.17, 15) is 9.59 Å². The second kappa shape index (κ2) is 12.3. The quantitative estimate of drug-likeness (QED) is 0.0774. The normalized spacial score (nSPS) is 11.3. The molecule has 0 aliphatic heterocycles. The molecule has 2 aromatic heterocycles. The van der Waals surface area contributed by atoms with Crippen LogP contribution >= 0.6 is 11.6 Å². The van der Waals surface area contributed by atoms with Crippen molar-refractivity contribution in [2.75, 3.05) is 38.9 Å². The van der Waals surface area contributed by atoms with Gasteiger partial charge in [0.1, 0.15) is 23.5 Å². The van der Waals surface area contributed by atoms with Crippen LogP contribution in [0.3, 0.4) is 0 Å². The number of hydrogen-bond acceptors (Lipinski definition) is 7. The average molecular weight is 547 g/mol. The molecular formula is C31H27ClO7. The first-order valence-corrected chi connectivity index (χ1v) is 13.1. The van der Waals surface area contributed by atoms with Gasteiger partial charge in [-0.3, -0.25) is 4.79 Å². The van der Waals surface area contributed by atoms with Crippen molar-refractivity contribution >= 4 is 39.3 Å². The number of rotatable bonds is 12. The number of alkyl halides is 1. The van der Waals surface area contributed by atoms with Gasteiger partial charge in [0.2, 0.25) is 5.78 Å². The van der Waals surface area contributed by atoms with E-state index in [-0.39, 0.29) is 11.5 Å². The number of ether oxygens (including phenoxy) is 3. The van der Waals surface area contributed by atoms with Crippen LogP contribution in [0, 0.1) is 6.92 Å². The van der Waals surface area contributed by atoms with Crippen LogP contribution in [-0.4, -0.2) is 44.7 Å². The highest BCUT2D eigenvalue weighted by Crippen LogP contribution is 2.40. The molecule has 0 aliphatic carbocycles. The molecular weight excluding hydrogens is 520 g/mol. The lowest BCUT2D eigenvalue weighted by molar-refractivity contribution is 0.0410. The number of benzene rings is 3. The predicted molar refractivity (Wildman–Crippen MR) is 150 cm³/mol. The highest BCUT2D eigenvalue weighted by Gasteiger charge is 2.26. The maximum absolute atomic E-state index is 13.8. The Balaban J connectivity index is 1.46. The van der Waals surface area contributed by atoms with Crippen LogP contribution < -0.4 is 10.4 Å². The van der Waals surface area contributed by atoms with Gasteiger partial charge in [0.15, 0.2) is 5.76 Å². The van der Waals surface area contributed by atoms with Crippen molar-refractivity contribution in [3.63, 3.8) is 0 Å². The molecule has 0 bridgehead atoms. The van der Waals surface area contributed by atoms with Gasteiger partial charge in [0, 0.05) is 28.5 Å². The van der Waals surface area contributed by atoms with E-state index in [1.165, 1.54) is 6.07 Å². The second-order valence-corrected chi connectivity index (χ2v) is 9.23. The lowest BCUT2D eigenvalue weighted by atomic mass is 9.96. The van der Waals surface area contributed by atoms with Crippen molar-refractivity contribution in [3.8, 4) is 16.9 Å². The van der Waals surface area contributed by atoms with Crippen LogP contribution in [0.4, 0.5) is 0 Å². The Hall–Kier alpha value is -3.91. The molecule has 5 aromatic rings. The maximum Gasteiger partial charge on any atom is 0.336 e. The van der Waals surface area contributed by atoms with Crippen LogP contribution in [-0.2, 0) is 9.47 Å². The highest BCUT2D eigenvalue weighted by atomic mass is 35.5. The van der Waals surface area contributed by atoms with E-state index in [0.29, 0.717) is 72.3 Å². The zero-order chi connectivity index (χ0) is 27.2. The predicted octanol–water partition coefficient (Wildman–Crippen LogP) is 6.40. The lowest BCUT2D eigenvalue weighted by Gasteiger charge is -2.09. The van der Waals surface area contributed by atoms with Crippen molar-refractivity contribution < 1.29 is 27.8 Å². The van der Waals surface area contributed by atoms with Gasteiger partial charge in [-0.2, -0.15) is 0 Å². The summed E-state index contributed by atoms with van der Waals surface area (Å²) in [6, 6.07) is 21.5. The zero-order valence-corrected chi connectivity index (χ0v) is 22.2. The number of fused-ring (bicyclic) bond motifs is 3. The number of aryl methyl sites for hydroxylation is 1. The molecule has 200 valence electrons. The third-order valence-electron chi connectivity index (χ3n) is 6.23. The Morgan fingerprint density at radius 1 is 0.846 bits per heavy atom. The molecule has 0 atom stereocenters. The summed E-state index contributed by atoms with van der Waals surface area (Å²) in [5, 5.41) is 1.37. The van der Waals surface area contributed by atoms with Crippen LogP contribution in [0.2, 0.25) is 0 Å². The monoisotopic (exact) mass is 546 g/mol. The summed E-state index contributed by atoms with van der Waals surface area (Å²) >= 11 is 5.57. The minimum atomic E-state index is -0.461. The first-order valence-electron chi connectivity index (χ1n) is 12.6. The summed E-state index contributed by atoms with van der Waals surface area (Å²) in [6.45, 7) is 3.95. The van der Waals surface area contributed by atoms with Crippen LogP contribution in [0.1, 0.15) is 21.7 Å². The summed E-state index contributed by atoms with van der Waals surface area (Å²) in [5.74, 6) is 0.829. The van der Waals surface area contributed by atoms with Crippen molar-refractivity contribution in [1.29, 1.82) is 0 Å². The topological polar surface area (TPSA) is 88.1 Å². The van der Waals surface area contributed by atoms with E-state index in [4.69, 9.17) is 34.6 Å². The molecule has 0 unspecified atom stereocenters. The van der Waals surface area contributed by atoms with Gasteiger partial charge >= 0.3 is 5.63 Å². The summed E-state index contributed by atoms with van der Waals surface area (Å²) in [7, 11) is 0. The molecule has 0 radical (unpaired) electrons. The Kier molecular flexibility index (Phi) is 8.42. The van der Waals surface area contributed by atoms with E-state index >= 15 is 0 Å². The van der Waals surface area contributed by atoms with Crippen LogP contribution in [0.25, 0.3) is 33.1 Å². The van der Waals surface area contributed by atoms with Gasteiger partial charge in [-0.25, -0.2) is 4.79 Å². The molecule has 0 amide bonds. The molecule has 7 nitrogen and oxygen atoms in total. The lowest BCUT2D eigenvalue weighted by Crippen LogP contribution is -2.11. The van der Waals surface area contributed by atoms with Gasteiger partial charge < -0.3 is 23.0 Å². The maximum atomic E-state index is 13.8. The Labute approximate surface area is 229 Å². The first-order chi connectivity index (χ1) is 19.1. The SMILES string of the molecule is Cc1cc(=O)oc2c1ccc1oc(C(=O)c3cccc(OCCOCCOCCCl)c3)c(-c3ccccc3)c12. The highest BCUT2D eigenvalue weighted by molar-refractivity contribution is 6.20. The minimum absolute atomic E-state index is 0.158. The molecule has 3 aromatic carbocycles. The smallest absolute Gasteiger partial charge is 0.336 e. The molecule has 8 heteroatoms. The van der Waals surface area contributed by atoms with Gasteiger partial charge in [0.25, 0.3) is 0 Å². The summed E-state index contributed by atoms with van der Waals surface area (Å²) < 4.78 is 28.4. The first kappa shape index (κ1) is 26.7. The van der Waals surface area contributed by atoms with E-state index < -0.39 is 5.63 Å². The van der Waals surface area contributed by atoms with E-state index in [1.807, 2.05) is 43.3 Å².